The molecule has 0 unspecified atom stereocenters. The van der Waals surface area contributed by atoms with Crippen LogP contribution in [0.2, 0.25) is 0 Å². The summed E-state index contributed by atoms with van der Waals surface area (Å²) in [4.78, 5) is 38.0. The number of carbonyl (C=O) groups excluding carboxylic acids is 3. The number of benzene rings is 2. The van der Waals surface area contributed by atoms with Gasteiger partial charge < -0.3 is 20.1 Å². The molecule has 0 saturated heterocycles. The predicted molar refractivity (Wildman–Crippen MR) is 129 cm³/mol. The van der Waals surface area contributed by atoms with E-state index in [1.807, 2.05) is 26.0 Å². The lowest BCUT2D eigenvalue weighted by atomic mass is 9.78. The van der Waals surface area contributed by atoms with Gasteiger partial charge >= 0.3 is 5.97 Å². The Bertz CT molecular complexity index is 1150. The molecule has 0 aromatic heterocycles. The van der Waals surface area contributed by atoms with Gasteiger partial charge in [0.25, 0.3) is 0 Å². The van der Waals surface area contributed by atoms with Gasteiger partial charge in [0.1, 0.15) is 11.7 Å². The van der Waals surface area contributed by atoms with Crippen molar-refractivity contribution in [3.63, 3.8) is 0 Å². The number of rotatable bonds is 8. The van der Waals surface area contributed by atoms with E-state index < -0.39 is 23.7 Å². The summed E-state index contributed by atoms with van der Waals surface area (Å²) in [5.41, 5.74) is 2.37. The molecule has 2 aromatic rings. The molecule has 2 atom stereocenters. The van der Waals surface area contributed by atoms with E-state index in [2.05, 4.69) is 16.7 Å². The summed E-state index contributed by atoms with van der Waals surface area (Å²) >= 11 is 1.02. The molecule has 1 aliphatic heterocycles. The van der Waals surface area contributed by atoms with Crippen LogP contribution in [0.4, 0.5) is 5.69 Å². The van der Waals surface area contributed by atoms with Gasteiger partial charge in [-0.2, -0.15) is 5.26 Å². The summed E-state index contributed by atoms with van der Waals surface area (Å²) in [5.74, 6) is -3.20. The highest BCUT2D eigenvalue weighted by atomic mass is 32.2. The first-order valence-corrected chi connectivity index (χ1v) is 11.6. The van der Waals surface area contributed by atoms with Crippen molar-refractivity contribution in [3.8, 4) is 11.8 Å². The van der Waals surface area contributed by atoms with Gasteiger partial charge in [0.2, 0.25) is 11.8 Å². The lowest BCUT2D eigenvalue weighted by Crippen LogP contribution is -2.44. The third-order valence-corrected chi connectivity index (χ3v) is 6.25. The van der Waals surface area contributed by atoms with Crippen LogP contribution in [0.1, 0.15) is 24.0 Å². The molecule has 1 heterocycles. The van der Waals surface area contributed by atoms with Crippen LogP contribution in [0, 0.1) is 24.2 Å². The van der Waals surface area contributed by atoms with Crippen LogP contribution in [-0.4, -0.2) is 37.3 Å². The normalized spacial score (nSPS) is 17.4. The molecule has 2 aromatic carbocycles. The monoisotopic (exact) mass is 479 g/mol. The molecule has 9 heteroatoms. The molecule has 0 spiro atoms. The Morgan fingerprint density at radius 3 is 2.53 bits per heavy atom. The second kappa shape index (κ2) is 11.4. The standard InChI is InChI=1S/C25H25N3O5S/c1-4-33-19-8-6-5-7-18(19)27-20(29)14-34-24-17(13-26)21(16-11-9-15(2)10-12-16)22(23(30)28-24)25(31)32-3/h5-12,21-22H,4,14H2,1-3H3,(H,27,29)(H,28,30)/t21-,22+/m1/s1. The van der Waals surface area contributed by atoms with E-state index in [0.29, 0.717) is 23.6 Å². The molecule has 0 radical (unpaired) electrons. The highest BCUT2D eigenvalue weighted by Crippen LogP contribution is 2.40. The van der Waals surface area contributed by atoms with Gasteiger partial charge in [-0.25, -0.2) is 0 Å². The van der Waals surface area contributed by atoms with Crippen LogP contribution in [0.15, 0.2) is 59.1 Å². The quantitative estimate of drug-likeness (QED) is 0.439. The van der Waals surface area contributed by atoms with Crippen molar-refractivity contribution in [1.29, 1.82) is 5.26 Å². The Morgan fingerprint density at radius 1 is 1.18 bits per heavy atom. The maximum Gasteiger partial charge on any atom is 0.319 e. The number of nitrogens with zero attached hydrogens (tertiary/aromatic N) is 1. The van der Waals surface area contributed by atoms with E-state index in [0.717, 1.165) is 17.3 Å². The molecule has 2 amide bonds. The van der Waals surface area contributed by atoms with Gasteiger partial charge in [-0.05, 0) is 31.5 Å². The average molecular weight is 480 g/mol. The second-order valence-corrected chi connectivity index (χ2v) is 8.48. The van der Waals surface area contributed by atoms with Crippen LogP contribution < -0.4 is 15.4 Å². The van der Waals surface area contributed by atoms with Crippen molar-refractivity contribution < 1.29 is 23.9 Å². The number of allylic oxidation sites excluding steroid dienone is 1. The zero-order valence-corrected chi connectivity index (χ0v) is 19.9. The molecule has 3 rings (SSSR count). The Balaban J connectivity index is 1.87. The van der Waals surface area contributed by atoms with Gasteiger partial charge in [-0.1, -0.05) is 53.7 Å². The number of amides is 2. The Morgan fingerprint density at radius 2 is 1.88 bits per heavy atom. The predicted octanol–water partition coefficient (Wildman–Crippen LogP) is 3.50. The SMILES string of the molecule is CCOc1ccccc1NC(=O)CSC1=C(C#N)[C@@H](c2ccc(C)cc2)[C@H](C(=O)OC)C(=O)N1. The van der Waals surface area contributed by atoms with Gasteiger partial charge in [-0.15, -0.1) is 0 Å². The van der Waals surface area contributed by atoms with Crippen molar-refractivity contribution in [1.82, 2.24) is 5.32 Å². The number of para-hydroxylation sites is 2. The van der Waals surface area contributed by atoms with Crippen LogP contribution in [0.3, 0.4) is 0 Å². The largest absolute Gasteiger partial charge is 0.492 e. The number of esters is 1. The van der Waals surface area contributed by atoms with Crippen molar-refractivity contribution in [2.24, 2.45) is 5.92 Å². The second-order valence-electron chi connectivity index (χ2n) is 7.50. The smallest absolute Gasteiger partial charge is 0.319 e. The third-order valence-electron chi connectivity index (χ3n) is 5.23. The van der Waals surface area contributed by atoms with Gasteiger partial charge in [0.05, 0.1) is 41.8 Å². The van der Waals surface area contributed by atoms with E-state index in [1.165, 1.54) is 7.11 Å². The van der Waals surface area contributed by atoms with Crippen molar-refractivity contribution in [2.45, 2.75) is 19.8 Å². The number of thioether (sulfide) groups is 1. The maximum absolute atomic E-state index is 12.9. The lowest BCUT2D eigenvalue weighted by Gasteiger charge is -2.31. The van der Waals surface area contributed by atoms with Crippen molar-refractivity contribution >= 4 is 35.2 Å². The number of nitriles is 1. The number of methoxy groups -OCH3 is 1. The minimum absolute atomic E-state index is 0.0647. The highest BCUT2D eigenvalue weighted by Gasteiger charge is 2.44. The maximum atomic E-state index is 12.9. The van der Waals surface area contributed by atoms with Crippen molar-refractivity contribution in [3.05, 3.63) is 70.3 Å². The number of aryl methyl sites for hydroxylation is 1. The molecule has 34 heavy (non-hydrogen) atoms. The molecular weight excluding hydrogens is 454 g/mol. The minimum Gasteiger partial charge on any atom is -0.492 e. The number of hydrogen-bond acceptors (Lipinski definition) is 7. The fraction of sp³-hybridized carbons (Fsp3) is 0.280. The zero-order valence-electron chi connectivity index (χ0n) is 19.1. The van der Waals surface area contributed by atoms with Crippen LogP contribution >= 0.6 is 11.8 Å². The van der Waals surface area contributed by atoms with Crippen LogP contribution in [0.25, 0.3) is 0 Å². The van der Waals surface area contributed by atoms with Gasteiger partial charge in [0.15, 0.2) is 0 Å². The lowest BCUT2D eigenvalue weighted by molar-refractivity contribution is -0.150. The summed E-state index contributed by atoms with van der Waals surface area (Å²) in [6.45, 7) is 4.22. The third kappa shape index (κ3) is 5.58. The average Bonchev–Trinajstić information content (AvgIpc) is 2.83. The van der Waals surface area contributed by atoms with Crippen LogP contribution in [0.5, 0.6) is 5.75 Å². The van der Waals surface area contributed by atoms with E-state index in [4.69, 9.17) is 9.47 Å². The molecule has 0 saturated carbocycles. The number of ether oxygens (including phenoxy) is 2. The van der Waals surface area contributed by atoms with E-state index >= 15 is 0 Å². The van der Waals surface area contributed by atoms with Crippen molar-refractivity contribution in [2.75, 3.05) is 24.8 Å². The summed E-state index contributed by atoms with van der Waals surface area (Å²) in [6.07, 6.45) is 0. The minimum atomic E-state index is -1.21. The van der Waals surface area contributed by atoms with E-state index in [-0.39, 0.29) is 22.3 Å². The van der Waals surface area contributed by atoms with Gasteiger partial charge in [-0.3, -0.25) is 14.4 Å². The highest BCUT2D eigenvalue weighted by molar-refractivity contribution is 8.03. The zero-order chi connectivity index (χ0) is 24.7. The van der Waals surface area contributed by atoms with Crippen LogP contribution in [-0.2, 0) is 19.1 Å². The molecule has 0 fully saturated rings. The molecule has 2 N–H and O–H groups in total. The summed E-state index contributed by atoms with van der Waals surface area (Å²) in [7, 11) is 1.20. The topological polar surface area (TPSA) is 118 Å². The summed E-state index contributed by atoms with van der Waals surface area (Å²) in [5, 5.41) is 15.6. The Kier molecular flexibility index (Phi) is 8.33. The van der Waals surface area contributed by atoms with E-state index in [9.17, 15) is 19.6 Å². The Hall–Kier alpha value is -3.77. The first-order chi connectivity index (χ1) is 16.4. The number of anilines is 1. The number of hydrogen-bond donors (Lipinski definition) is 2. The number of carbonyl (C=O) groups is 3. The molecule has 0 aliphatic carbocycles. The fourth-order valence-electron chi connectivity index (χ4n) is 3.63. The summed E-state index contributed by atoms with van der Waals surface area (Å²) < 4.78 is 10.4. The first-order valence-electron chi connectivity index (χ1n) is 10.6. The molecule has 8 nitrogen and oxygen atoms in total. The molecule has 1 aliphatic rings. The summed E-state index contributed by atoms with van der Waals surface area (Å²) in [6, 6.07) is 16.5. The first kappa shape index (κ1) is 24.9. The Labute approximate surface area is 202 Å². The van der Waals surface area contributed by atoms with E-state index in [1.54, 1.807) is 36.4 Å². The fourth-order valence-corrected chi connectivity index (χ4v) is 4.48. The number of nitrogens with one attached hydrogen (secondary N) is 2. The molecule has 0 bridgehead atoms. The van der Waals surface area contributed by atoms with Gasteiger partial charge in [0, 0.05) is 5.92 Å². The molecular formula is C25H25N3O5S. The molecule has 176 valence electrons.